The Morgan fingerprint density at radius 3 is 2.00 bits per heavy atom. The normalized spacial score (nSPS) is 12.4. The smallest absolute Gasteiger partial charge is 0.125 e. The van der Waals surface area contributed by atoms with Gasteiger partial charge in [-0.15, -0.1) is 11.3 Å². The number of phenolic OH excluding ortho intramolecular Hbond substituents is 1. The van der Waals surface area contributed by atoms with Crippen LogP contribution in [0.4, 0.5) is 5.69 Å². The van der Waals surface area contributed by atoms with Crippen molar-refractivity contribution in [3.05, 3.63) is 98.4 Å². The van der Waals surface area contributed by atoms with E-state index < -0.39 is 0 Å². The molecule has 0 saturated carbocycles. The first-order valence-electron chi connectivity index (χ1n) is 12.4. The van der Waals surface area contributed by atoms with Crippen LogP contribution in [0.2, 0.25) is 0 Å². The SMILES string of the molecule is Cc1cc(C)c([C@@H](Nc2c(C(C)C)cccc2C(C)C)c2nc(-c3ccccc3O)cs2)c(C)c1. The highest BCUT2D eigenvalue weighted by molar-refractivity contribution is 7.10. The van der Waals surface area contributed by atoms with Gasteiger partial charge >= 0.3 is 0 Å². The zero-order chi connectivity index (χ0) is 25.3. The van der Waals surface area contributed by atoms with Gasteiger partial charge in [0.15, 0.2) is 0 Å². The van der Waals surface area contributed by atoms with Crippen LogP contribution in [0.5, 0.6) is 5.75 Å². The summed E-state index contributed by atoms with van der Waals surface area (Å²) in [5, 5.41) is 17.4. The van der Waals surface area contributed by atoms with Crippen molar-refractivity contribution in [1.29, 1.82) is 0 Å². The van der Waals surface area contributed by atoms with Crippen LogP contribution >= 0.6 is 11.3 Å². The Balaban J connectivity index is 1.90. The summed E-state index contributed by atoms with van der Waals surface area (Å²) in [6.45, 7) is 15.5. The van der Waals surface area contributed by atoms with Crippen LogP contribution in [-0.4, -0.2) is 10.1 Å². The van der Waals surface area contributed by atoms with Gasteiger partial charge in [-0.1, -0.05) is 75.7 Å². The van der Waals surface area contributed by atoms with Gasteiger partial charge in [0, 0.05) is 16.6 Å². The van der Waals surface area contributed by atoms with Gasteiger partial charge in [-0.05, 0) is 72.6 Å². The molecule has 4 aromatic rings. The number of aromatic hydroxyl groups is 1. The van der Waals surface area contributed by atoms with Crippen LogP contribution in [0, 0.1) is 20.8 Å². The maximum atomic E-state index is 10.4. The molecular weight excluding hydrogens is 448 g/mol. The van der Waals surface area contributed by atoms with E-state index in [0.29, 0.717) is 11.8 Å². The summed E-state index contributed by atoms with van der Waals surface area (Å²) in [5.41, 5.74) is 10.5. The molecule has 2 N–H and O–H groups in total. The summed E-state index contributed by atoms with van der Waals surface area (Å²) in [4.78, 5) is 5.06. The van der Waals surface area contributed by atoms with E-state index in [4.69, 9.17) is 4.98 Å². The van der Waals surface area contributed by atoms with Crippen molar-refractivity contribution >= 4 is 17.0 Å². The Morgan fingerprint density at radius 1 is 0.829 bits per heavy atom. The topological polar surface area (TPSA) is 45.2 Å². The Hall–Kier alpha value is -3.11. The zero-order valence-corrected chi connectivity index (χ0v) is 22.6. The van der Waals surface area contributed by atoms with Gasteiger partial charge in [0.2, 0.25) is 0 Å². The quantitative estimate of drug-likeness (QED) is 0.275. The lowest BCUT2D eigenvalue weighted by atomic mass is 9.90. The van der Waals surface area contributed by atoms with E-state index in [-0.39, 0.29) is 11.8 Å². The third-order valence-corrected chi connectivity index (χ3v) is 7.55. The number of para-hydroxylation sites is 2. The molecule has 1 atom stereocenters. The minimum absolute atomic E-state index is 0.0994. The molecule has 0 aliphatic carbocycles. The number of anilines is 1. The van der Waals surface area contributed by atoms with Gasteiger partial charge in [0.05, 0.1) is 5.69 Å². The zero-order valence-electron chi connectivity index (χ0n) is 21.8. The van der Waals surface area contributed by atoms with Crippen molar-refractivity contribution in [3.8, 4) is 17.0 Å². The molecule has 0 aliphatic rings. The van der Waals surface area contributed by atoms with Crippen LogP contribution in [0.3, 0.4) is 0 Å². The third kappa shape index (κ3) is 5.13. The highest BCUT2D eigenvalue weighted by Gasteiger charge is 2.25. The number of hydrogen-bond donors (Lipinski definition) is 2. The molecule has 35 heavy (non-hydrogen) atoms. The molecule has 0 amide bonds. The van der Waals surface area contributed by atoms with E-state index in [1.807, 2.05) is 18.2 Å². The minimum Gasteiger partial charge on any atom is -0.507 e. The number of rotatable bonds is 7. The standard InChI is InChI=1S/C31H36N2OS/c1-18(2)23-12-10-13-24(19(3)4)29(23)33-30(28-21(6)15-20(5)16-22(28)7)31-32-26(17-35-31)25-11-8-9-14-27(25)34/h8-19,30,33-34H,1-7H3/t30-/m1/s1. The van der Waals surface area contributed by atoms with Crippen LogP contribution in [-0.2, 0) is 0 Å². The molecule has 4 rings (SSSR count). The fourth-order valence-corrected chi connectivity index (χ4v) is 5.88. The van der Waals surface area contributed by atoms with Crippen molar-refractivity contribution in [2.24, 2.45) is 0 Å². The van der Waals surface area contributed by atoms with E-state index in [1.54, 1.807) is 17.4 Å². The van der Waals surface area contributed by atoms with Crippen molar-refractivity contribution in [2.75, 3.05) is 5.32 Å². The lowest BCUT2D eigenvalue weighted by molar-refractivity contribution is 0.477. The molecule has 4 heteroatoms. The maximum Gasteiger partial charge on any atom is 0.125 e. The Kier molecular flexibility index (Phi) is 7.32. The molecule has 1 heterocycles. The summed E-state index contributed by atoms with van der Waals surface area (Å²) in [6, 6.07) is 18.5. The predicted octanol–water partition coefficient (Wildman–Crippen LogP) is 8.89. The molecule has 0 radical (unpaired) electrons. The summed E-state index contributed by atoms with van der Waals surface area (Å²) in [7, 11) is 0. The molecular formula is C31H36N2OS. The van der Waals surface area contributed by atoms with Crippen LogP contribution in [0.25, 0.3) is 11.3 Å². The fourth-order valence-electron chi connectivity index (χ4n) is 5.00. The van der Waals surface area contributed by atoms with Crippen molar-refractivity contribution in [3.63, 3.8) is 0 Å². The molecule has 1 aromatic heterocycles. The molecule has 3 nitrogen and oxygen atoms in total. The van der Waals surface area contributed by atoms with Gasteiger partial charge in [0.25, 0.3) is 0 Å². The number of aryl methyl sites for hydroxylation is 3. The first-order chi connectivity index (χ1) is 16.7. The van der Waals surface area contributed by atoms with E-state index in [0.717, 1.165) is 16.3 Å². The highest BCUT2D eigenvalue weighted by Crippen LogP contribution is 2.40. The molecule has 0 saturated heterocycles. The average Bonchev–Trinajstić information content (AvgIpc) is 3.27. The van der Waals surface area contributed by atoms with Gasteiger partial charge in [-0.3, -0.25) is 0 Å². The van der Waals surface area contributed by atoms with E-state index in [9.17, 15) is 5.11 Å². The first-order valence-corrected chi connectivity index (χ1v) is 13.3. The van der Waals surface area contributed by atoms with Crippen molar-refractivity contribution < 1.29 is 5.11 Å². The maximum absolute atomic E-state index is 10.4. The monoisotopic (exact) mass is 484 g/mol. The fraction of sp³-hybridized carbons (Fsp3) is 0.323. The summed E-state index contributed by atoms with van der Waals surface area (Å²) in [5.74, 6) is 1.04. The van der Waals surface area contributed by atoms with Crippen molar-refractivity contribution in [1.82, 2.24) is 4.98 Å². The molecule has 0 spiro atoms. The molecule has 0 unspecified atom stereocenters. The van der Waals surface area contributed by atoms with Crippen LogP contribution in [0.1, 0.15) is 84.0 Å². The van der Waals surface area contributed by atoms with Gasteiger partial charge in [-0.2, -0.15) is 0 Å². The summed E-state index contributed by atoms with van der Waals surface area (Å²) in [6.07, 6.45) is 0. The number of nitrogens with one attached hydrogen (secondary N) is 1. The largest absolute Gasteiger partial charge is 0.507 e. The van der Waals surface area contributed by atoms with E-state index >= 15 is 0 Å². The highest BCUT2D eigenvalue weighted by atomic mass is 32.1. The lowest BCUT2D eigenvalue weighted by Crippen LogP contribution is -2.18. The number of thiazole rings is 1. The Morgan fingerprint density at radius 2 is 1.43 bits per heavy atom. The van der Waals surface area contributed by atoms with Crippen LogP contribution in [0.15, 0.2) is 60.0 Å². The van der Waals surface area contributed by atoms with Crippen LogP contribution < -0.4 is 5.32 Å². The van der Waals surface area contributed by atoms with Gasteiger partial charge in [0.1, 0.15) is 16.8 Å². The average molecular weight is 485 g/mol. The number of nitrogens with zero attached hydrogens (tertiary/aromatic N) is 1. The minimum atomic E-state index is -0.0994. The molecule has 0 bridgehead atoms. The predicted molar refractivity (Wildman–Crippen MR) is 150 cm³/mol. The second kappa shape index (κ2) is 10.2. The lowest BCUT2D eigenvalue weighted by Gasteiger charge is -2.28. The number of aromatic nitrogens is 1. The Labute approximate surface area is 213 Å². The Bertz CT molecular complexity index is 1290. The van der Waals surface area contributed by atoms with Crippen molar-refractivity contribution in [2.45, 2.75) is 66.3 Å². The molecule has 182 valence electrons. The molecule has 0 fully saturated rings. The number of benzene rings is 3. The first kappa shape index (κ1) is 25.0. The summed E-state index contributed by atoms with van der Waals surface area (Å²) >= 11 is 1.64. The van der Waals surface area contributed by atoms with E-state index in [2.05, 4.69) is 89.5 Å². The van der Waals surface area contributed by atoms with E-state index in [1.165, 1.54) is 39.1 Å². The summed E-state index contributed by atoms with van der Waals surface area (Å²) < 4.78 is 0. The van der Waals surface area contributed by atoms with Gasteiger partial charge in [-0.25, -0.2) is 4.98 Å². The third-order valence-electron chi connectivity index (χ3n) is 6.64. The number of phenols is 1. The molecule has 3 aromatic carbocycles. The second-order valence-electron chi connectivity index (χ2n) is 10.1. The molecule has 0 aliphatic heterocycles. The second-order valence-corrected chi connectivity index (χ2v) is 11.0. The van der Waals surface area contributed by atoms with Gasteiger partial charge < -0.3 is 10.4 Å². The number of hydrogen-bond acceptors (Lipinski definition) is 4.